The Labute approximate surface area is 170 Å². The van der Waals surface area contributed by atoms with Gasteiger partial charge in [0.2, 0.25) is 5.88 Å². The van der Waals surface area contributed by atoms with Crippen molar-refractivity contribution in [1.29, 1.82) is 0 Å². The molecule has 7 nitrogen and oxygen atoms in total. The van der Waals surface area contributed by atoms with Gasteiger partial charge in [-0.1, -0.05) is 0 Å². The van der Waals surface area contributed by atoms with E-state index in [2.05, 4.69) is 20.6 Å². The number of aliphatic hydroxyl groups is 1. The minimum absolute atomic E-state index is 0.0563. The molecule has 2 heterocycles. The summed E-state index contributed by atoms with van der Waals surface area (Å²) < 4.78 is 24.2. The summed E-state index contributed by atoms with van der Waals surface area (Å²) in [6.45, 7) is 2.73. The van der Waals surface area contributed by atoms with Crippen molar-refractivity contribution in [1.82, 2.24) is 15.6 Å². The van der Waals surface area contributed by atoms with Gasteiger partial charge in [-0.25, -0.2) is 9.37 Å². The molecule has 0 radical (unpaired) electrons. The van der Waals surface area contributed by atoms with E-state index in [0.717, 1.165) is 18.6 Å². The van der Waals surface area contributed by atoms with E-state index in [4.69, 9.17) is 9.47 Å². The van der Waals surface area contributed by atoms with Crippen LogP contribution in [0.25, 0.3) is 0 Å². The van der Waals surface area contributed by atoms with Gasteiger partial charge in [0.25, 0.3) is 0 Å². The van der Waals surface area contributed by atoms with Crippen molar-refractivity contribution in [3.8, 4) is 11.6 Å². The van der Waals surface area contributed by atoms with Gasteiger partial charge in [-0.3, -0.25) is 4.99 Å². The molecule has 29 heavy (non-hydrogen) atoms. The largest absolute Gasteiger partial charge is 0.439 e. The summed E-state index contributed by atoms with van der Waals surface area (Å²) in [6.07, 6.45) is 3.29. The molecule has 1 aliphatic rings. The van der Waals surface area contributed by atoms with E-state index in [1.54, 1.807) is 25.4 Å². The number of ether oxygens (including phenoxy) is 2. The summed E-state index contributed by atoms with van der Waals surface area (Å²) in [7, 11) is 1.72. The van der Waals surface area contributed by atoms with Gasteiger partial charge in [0, 0.05) is 51.0 Å². The number of aromatic nitrogens is 1. The number of aliphatic imine (C=N–C) groups is 1. The third-order valence-electron chi connectivity index (χ3n) is 4.98. The molecular formula is C21H27FN4O3. The smallest absolute Gasteiger partial charge is 0.219 e. The fraction of sp³-hybridized carbons (Fsp3) is 0.429. The molecule has 0 amide bonds. The number of hydrogen-bond donors (Lipinski definition) is 3. The lowest BCUT2D eigenvalue weighted by Crippen LogP contribution is -2.44. The molecule has 0 bridgehead atoms. The number of benzene rings is 1. The zero-order valence-electron chi connectivity index (χ0n) is 16.5. The van der Waals surface area contributed by atoms with Gasteiger partial charge in [0.05, 0.1) is 6.61 Å². The van der Waals surface area contributed by atoms with Gasteiger partial charge in [-0.15, -0.1) is 0 Å². The fourth-order valence-corrected chi connectivity index (χ4v) is 3.23. The van der Waals surface area contributed by atoms with Gasteiger partial charge >= 0.3 is 0 Å². The van der Waals surface area contributed by atoms with Crippen molar-refractivity contribution in [3.63, 3.8) is 0 Å². The average molecular weight is 402 g/mol. The van der Waals surface area contributed by atoms with Crippen molar-refractivity contribution < 1.29 is 19.0 Å². The standard InChI is InChI=1S/C21H27FN4O3/c1-23-20(26-14-21(7-10-27)8-11-28-15-21)25-13-16-6-9-24-19(12-16)29-18-4-2-17(22)3-5-18/h2-6,9,12,27H,7-8,10-11,13-15H2,1H3,(H2,23,25,26). The molecule has 2 aromatic rings. The Kier molecular flexibility index (Phi) is 7.37. The number of halogens is 1. The minimum Gasteiger partial charge on any atom is -0.439 e. The predicted molar refractivity (Wildman–Crippen MR) is 108 cm³/mol. The Morgan fingerprint density at radius 2 is 2.14 bits per heavy atom. The van der Waals surface area contributed by atoms with Crippen LogP contribution in [0.1, 0.15) is 18.4 Å². The zero-order chi connectivity index (χ0) is 20.5. The highest BCUT2D eigenvalue weighted by Crippen LogP contribution is 2.31. The van der Waals surface area contributed by atoms with Gasteiger partial charge in [-0.2, -0.15) is 0 Å². The first kappa shape index (κ1) is 21.0. The Balaban J connectivity index is 1.53. The van der Waals surface area contributed by atoms with Crippen LogP contribution in [-0.2, 0) is 11.3 Å². The Hall–Kier alpha value is -2.71. The molecule has 1 aromatic heterocycles. The zero-order valence-corrected chi connectivity index (χ0v) is 16.5. The van der Waals surface area contributed by atoms with E-state index in [0.29, 0.717) is 43.7 Å². The summed E-state index contributed by atoms with van der Waals surface area (Å²) in [5, 5.41) is 15.9. The summed E-state index contributed by atoms with van der Waals surface area (Å²) >= 11 is 0. The second-order valence-electron chi connectivity index (χ2n) is 7.11. The topological polar surface area (TPSA) is 88.0 Å². The quantitative estimate of drug-likeness (QED) is 0.464. The molecule has 1 atom stereocenters. The highest BCUT2D eigenvalue weighted by atomic mass is 19.1. The Bertz CT molecular complexity index is 808. The van der Waals surface area contributed by atoms with E-state index in [-0.39, 0.29) is 17.8 Å². The van der Waals surface area contributed by atoms with E-state index in [1.807, 2.05) is 12.1 Å². The molecule has 0 saturated carbocycles. The summed E-state index contributed by atoms with van der Waals surface area (Å²) in [4.78, 5) is 8.46. The number of pyridine rings is 1. The van der Waals surface area contributed by atoms with Crippen molar-refractivity contribution in [2.24, 2.45) is 10.4 Å². The van der Waals surface area contributed by atoms with Crippen molar-refractivity contribution in [2.45, 2.75) is 19.4 Å². The number of aliphatic hydroxyl groups excluding tert-OH is 1. The molecule has 1 unspecified atom stereocenters. The van der Waals surface area contributed by atoms with Gasteiger partial charge < -0.3 is 25.2 Å². The normalized spacial score (nSPS) is 19.2. The van der Waals surface area contributed by atoms with E-state index in [1.165, 1.54) is 12.1 Å². The number of nitrogens with one attached hydrogen (secondary N) is 2. The van der Waals surface area contributed by atoms with E-state index < -0.39 is 0 Å². The van der Waals surface area contributed by atoms with Crippen molar-refractivity contribution >= 4 is 5.96 Å². The van der Waals surface area contributed by atoms with Crippen molar-refractivity contribution in [2.75, 3.05) is 33.4 Å². The molecule has 1 aliphatic heterocycles. The first-order valence-electron chi connectivity index (χ1n) is 9.64. The summed E-state index contributed by atoms with van der Waals surface area (Å²) in [5.41, 5.74) is 0.911. The van der Waals surface area contributed by atoms with E-state index in [9.17, 15) is 9.50 Å². The molecule has 3 rings (SSSR count). The second-order valence-corrected chi connectivity index (χ2v) is 7.11. The Morgan fingerprint density at radius 3 is 2.83 bits per heavy atom. The van der Waals surface area contributed by atoms with E-state index >= 15 is 0 Å². The van der Waals surface area contributed by atoms with Crippen molar-refractivity contribution in [3.05, 3.63) is 54.0 Å². The predicted octanol–water partition coefficient (Wildman–Crippen LogP) is 2.47. The molecule has 156 valence electrons. The SMILES string of the molecule is CN=C(NCc1ccnc(Oc2ccc(F)cc2)c1)NCC1(CCO)CCOC1. The summed E-state index contributed by atoms with van der Waals surface area (Å²) in [5.74, 6) is 1.32. The molecule has 8 heteroatoms. The highest BCUT2D eigenvalue weighted by molar-refractivity contribution is 5.79. The fourth-order valence-electron chi connectivity index (χ4n) is 3.23. The van der Waals surface area contributed by atoms with Gasteiger partial charge in [0.1, 0.15) is 11.6 Å². The number of nitrogens with zero attached hydrogens (tertiary/aromatic N) is 2. The number of rotatable bonds is 8. The first-order valence-corrected chi connectivity index (χ1v) is 9.64. The maximum atomic E-state index is 13.0. The third-order valence-corrected chi connectivity index (χ3v) is 4.98. The number of hydrogen-bond acceptors (Lipinski definition) is 5. The van der Waals surface area contributed by atoms with Crippen LogP contribution in [0.4, 0.5) is 4.39 Å². The van der Waals surface area contributed by atoms with Crippen LogP contribution in [0.5, 0.6) is 11.6 Å². The van der Waals surface area contributed by atoms with Crippen LogP contribution in [0.15, 0.2) is 47.6 Å². The summed E-state index contributed by atoms with van der Waals surface area (Å²) in [6, 6.07) is 9.51. The van der Waals surface area contributed by atoms with Gasteiger partial charge in [-0.05, 0) is 48.7 Å². The van der Waals surface area contributed by atoms with Gasteiger partial charge in [0.15, 0.2) is 5.96 Å². The molecule has 0 aliphatic carbocycles. The maximum absolute atomic E-state index is 13.0. The lowest BCUT2D eigenvalue weighted by molar-refractivity contribution is 0.127. The average Bonchev–Trinajstić information content (AvgIpc) is 3.19. The molecule has 0 spiro atoms. The highest BCUT2D eigenvalue weighted by Gasteiger charge is 2.34. The molecule has 1 fully saturated rings. The Morgan fingerprint density at radius 1 is 1.31 bits per heavy atom. The van der Waals surface area contributed by atoms with Crippen LogP contribution in [-0.4, -0.2) is 49.5 Å². The van der Waals surface area contributed by atoms with Crippen LogP contribution in [0, 0.1) is 11.2 Å². The lowest BCUT2D eigenvalue weighted by Gasteiger charge is -2.27. The molecule has 3 N–H and O–H groups in total. The maximum Gasteiger partial charge on any atom is 0.219 e. The first-order chi connectivity index (χ1) is 14.1. The third kappa shape index (κ3) is 6.13. The van der Waals surface area contributed by atoms with Crippen LogP contribution in [0.3, 0.4) is 0 Å². The number of guanidine groups is 1. The lowest BCUT2D eigenvalue weighted by atomic mass is 9.84. The monoisotopic (exact) mass is 402 g/mol. The van der Waals surface area contributed by atoms with Crippen LogP contribution < -0.4 is 15.4 Å². The molecule has 1 aromatic carbocycles. The molecular weight excluding hydrogens is 375 g/mol. The molecule has 1 saturated heterocycles. The van der Waals surface area contributed by atoms with Crippen LogP contribution >= 0.6 is 0 Å². The van der Waals surface area contributed by atoms with Crippen LogP contribution in [0.2, 0.25) is 0 Å². The second kappa shape index (κ2) is 10.2. The minimum atomic E-state index is -0.313.